The average molecular weight is 326 g/mol. The molecule has 2 heterocycles. The molecule has 22 heavy (non-hydrogen) atoms. The van der Waals surface area contributed by atoms with Gasteiger partial charge in [0.05, 0.1) is 37.8 Å². The van der Waals surface area contributed by atoms with Crippen LogP contribution in [-0.4, -0.2) is 63.5 Å². The van der Waals surface area contributed by atoms with Gasteiger partial charge in [0.1, 0.15) is 0 Å². The van der Waals surface area contributed by atoms with Crippen molar-refractivity contribution >= 4 is 29.0 Å². The first-order chi connectivity index (χ1) is 10.7. The standard InChI is InChI=1S/C15H20ClN3O3/c16-12-1-2-14(18-3-7-21-8-4-18)13(11-12)17-15(20)19-5-9-22-10-6-19/h1-2,11H,3-10H2,(H,17,20). The lowest BCUT2D eigenvalue weighted by Crippen LogP contribution is -2.43. The zero-order valence-corrected chi connectivity index (χ0v) is 13.1. The van der Waals surface area contributed by atoms with Gasteiger partial charge in [0.2, 0.25) is 0 Å². The molecule has 2 saturated heterocycles. The highest BCUT2D eigenvalue weighted by molar-refractivity contribution is 6.31. The quantitative estimate of drug-likeness (QED) is 0.904. The zero-order chi connectivity index (χ0) is 15.4. The van der Waals surface area contributed by atoms with Gasteiger partial charge in [0.15, 0.2) is 0 Å². The molecule has 0 saturated carbocycles. The predicted molar refractivity (Wildman–Crippen MR) is 85.9 cm³/mol. The fourth-order valence-electron chi connectivity index (χ4n) is 2.65. The van der Waals surface area contributed by atoms with Crippen LogP contribution in [-0.2, 0) is 9.47 Å². The van der Waals surface area contributed by atoms with E-state index in [9.17, 15) is 4.79 Å². The van der Waals surface area contributed by atoms with Crippen LogP contribution in [0.3, 0.4) is 0 Å². The zero-order valence-electron chi connectivity index (χ0n) is 12.4. The third kappa shape index (κ3) is 3.63. The molecule has 2 fully saturated rings. The van der Waals surface area contributed by atoms with Crippen LogP contribution >= 0.6 is 11.6 Å². The van der Waals surface area contributed by atoms with Gasteiger partial charge in [0, 0.05) is 31.2 Å². The molecule has 7 heteroatoms. The highest BCUT2D eigenvalue weighted by Crippen LogP contribution is 2.30. The van der Waals surface area contributed by atoms with Crippen molar-refractivity contribution in [3.63, 3.8) is 0 Å². The second-order valence-electron chi connectivity index (χ2n) is 5.29. The molecule has 0 aliphatic carbocycles. The molecule has 0 unspecified atom stereocenters. The van der Waals surface area contributed by atoms with Gasteiger partial charge in [-0.05, 0) is 18.2 Å². The monoisotopic (exact) mass is 325 g/mol. The van der Waals surface area contributed by atoms with E-state index in [1.165, 1.54) is 0 Å². The Morgan fingerprint density at radius 2 is 1.68 bits per heavy atom. The number of anilines is 2. The molecule has 2 amide bonds. The molecule has 0 spiro atoms. The van der Waals surface area contributed by atoms with E-state index in [1.54, 1.807) is 11.0 Å². The first-order valence-corrected chi connectivity index (χ1v) is 7.88. The lowest BCUT2D eigenvalue weighted by atomic mass is 10.2. The second-order valence-corrected chi connectivity index (χ2v) is 5.73. The molecule has 6 nitrogen and oxygen atoms in total. The molecule has 1 N–H and O–H groups in total. The normalized spacial score (nSPS) is 19.1. The van der Waals surface area contributed by atoms with Crippen molar-refractivity contribution in [1.82, 2.24) is 4.90 Å². The third-order valence-electron chi connectivity index (χ3n) is 3.85. The number of urea groups is 1. The van der Waals surface area contributed by atoms with E-state index >= 15 is 0 Å². The maximum absolute atomic E-state index is 12.4. The fourth-order valence-corrected chi connectivity index (χ4v) is 2.82. The molecular weight excluding hydrogens is 306 g/mol. The Kier molecular flexibility index (Phi) is 5.02. The fraction of sp³-hybridized carbons (Fsp3) is 0.533. The Morgan fingerprint density at radius 3 is 2.36 bits per heavy atom. The summed E-state index contributed by atoms with van der Waals surface area (Å²) < 4.78 is 10.7. The number of nitrogens with zero attached hydrogens (tertiary/aromatic N) is 2. The number of halogens is 1. The smallest absolute Gasteiger partial charge is 0.322 e. The average Bonchev–Trinajstić information content (AvgIpc) is 2.56. The molecule has 0 bridgehead atoms. The summed E-state index contributed by atoms with van der Waals surface area (Å²) >= 11 is 6.10. The molecule has 2 aliphatic heterocycles. The van der Waals surface area contributed by atoms with Crippen molar-refractivity contribution < 1.29 is 14.3 Å². The Balaban J connectivity index is 1.76. The summed E-state index contributed by atoms with van der Waals surface area (Å²) in [4.78, 5) is 16.3. The van der Waals surface area contributed by atoms with Crippen molar-refractivity contribution in [2.24, 2.45) is 0 Å². The predicted octanol–water partition coefficient (Wildman–Crippen LogP) is 2.04. The van der Waals surface area contributed by atoms with Gasteiger partial charge < -0.3 is 24.6 Å². The number of ether oxygens (including phenoxy) is 2. The van der Waals surface area contributed by atoms with Gasteiger partial charge >= 0.3 is 6.03 Å². The van der Waals surface area contributed by atoms with Crippen LogP contribution < -0.4 is 10.2 Å². The Hall–Kier alpha value is -1.50. The van der Waals surface area contributed by atoms with Crippen molar-refractivity contribution in [3.05, 3.63) is 23.2 Å². The molecule has 0 atom stereocenters. The number of carbonyl (C=O) groups is 1. The summed E-state index contributed by atoms with van der Waals surface area (Å²) in [5.74, 6) is 0. The SMILES string of the molecule is O=C(Nc1cc(Cl)ccc1N1CCOCC1)N1CCOCC1. The second kappa shape index (κ2) is 7.17. The van der Waals surface area contributed by atoms with E-state index < -0.39 is 0 Å². The van der Waals surface area contributed by atoms with Gasteiger partial charge in [-0.1, -0.05) is 11.6 Å². The number of hydrogen-bond acceptors (Lipinski definition) is 4. The van der Waals surface area contributed by atoms with Crippen LogP contribution in [0.2, 0.25) is 5.02 Å². The summed E-state index contributed by atoms with van der Waals surface area (Å²) in [6.07, 6.45) is 0. The molecular formula is C15H20ClN3O3. The van der Waals surface area contributed by atoms with Crippen LogP contribution in [0.25, 0.3) is 0 Å². The number of hydrogen-bond donors (Lipinski definition) is 1. The molecule has 0 aromatic heterocycles. The first-order valence-electron chi connectivity index (χ1n) is 7.50. The van der Waals surface area contributed by atoms with E-state index in [1.807, 2.05) is 12.1 Å². The van der Waals surface area contributed by atoms with Gasteiger partial charge in [-0.15, -0.1) is 0 Å². The highest BCUT2D eigenvalue weighted by Gasteiger charge is 2.20. The summed E-state index contributed by atoms with van der Waals surface area (Å²) in [6.45, 7) is 5.39. The van der Waals surface area contributed by atoms with E-state index in [4.69, 9.17) is 21.1 Å². The van der Waals surface area contributed by atoms with E-state index in [2.05, 4.69) is 10.2 Å². The lowest BCUT2D eigenvalue weighted by molar-refractivity contribution is 0.0564. The molecule has 1 aromatic rings. The number of amides is 2. The van der Waals surface area contributed by atoms with Crippen LogP contribution in [0.1, 0.15) is 0 Å². The minimum absolute atomic E-state index is 0.111. The Morgan fingerprint density at radius 1 is 1.05 bits per heavy atom. The number of nitrogens with one attached hydrogen (secondary N) is 1. The van der Waals surface area contributed by atoms with E-state index in [0.717, 1.165) is 24.5 Å². The first kappa shape index (κ1) is 15.4. The number of benzene rings is 1. The molecule has 3 rings (SSSR count). The largest absolute Gasteiger partial charge is 0.378 e. The topological polar surface area (TPSA) is 54.0 Å². The summed E-state index contributed by atoms with van der Waals surface area (Å²) in [7, 11) is 0. The minimum atomic E-state index is -0.111. The van der Waals surface area contributed by atoms with Crippen LogP contribution in [0, 0.1) is 0 Å². The lowest BCUT2D eigenvalue weighted by Gasteiger charge is -2.32. The van der Waals surface area contributed by atoms with Gasteiger partial charge in [-0.25, -0.2) is 4.79 Å². The Bertz CT molecular complexity index is 529. The molecule has 120 valence electrons. The van der Waals surface area contributed by atoms with Crippen LogP contribution in [0.5, 0.6) is 0 Å². The summed E-state index contributed by atoms with van der Waals surface area (Å²) in [5, 5.41) is 3.59. The van der Waals surface area contributed by atoms with Crippen molar-refractivity contribution in [2.75, 3.05) is 62.8 Å². The van der Waals surface area contributed by atoms with E-state index in [-0.39, 0.29) is 6.03 Å². The van der Waals surface area contributed by atoms with Gasteiger partial charge in [-0.2, -0.15) is 0 Å². The number of rotatable bonds is 2. The minimum Gasteiger partial charge on any atom is -0.378 e. The molecule has 2 aliphatic rings. The van der Waals surface area contributed by atoms with Gasteiger partial charge in [-0.3, -0.25) is 0 Å². The number of carbonyl (C=O) groups excluding carboxylic acids is 1. The molecule has 0 radical (unpaired) electrons. The van der Waals surface area contributed by atoms with Crippen molar-refractivity contribution in [2.45, 2.75) is 0 Å². The maximum Gasteiger partial charge on any atom is 0.322 e. The van der Waals surface area contributed by atoms with Crippen molar-refractivity contribution in [3.8, 4) is 0 Å². The summed E-state index contributed by atoms with van der Waals surface area (Å²) in [6, 6.07) is 5.48. The van der Waals surface area contributed by atoms with E-state index in [0.29, 0.717) is 44.5 Å². The van der Waals surface area contributed by atoms with Crippen LogP contribution in [0.4, 0.5) is 16.2 Å². The van der Waals surface area contributed by atoms with Crippen LogP contribution in [0.15, 0.2) is 18.2 Å². The maximum atomic E-state index is 12.4. The number of morpholine rings is 2. The van der Waals surface area contributed by atoms with Gasteiger partial charge in [0.25, 0.3) is 0 Å². The summed E-state index contributed by atoms with van der Waals surface area (Å²) in [5.41, 5.74) is 1.72. The van der Waals surface area contributed by atoms with Crippen molar-refractivity contribution in [1.29, 1.82) is 0 Å². The Labute approximate surface area is 134 Å². The third-order valence-corrected chi connectivity index (χ3v) is 4.09. The highest BCUT2D eigenvalue weighted by atomic mass is 35.5. The molecule has 1 aromatic carbocycles.